The van der Waals surface area contributed by atoms with Gasteiger partial charge in [-0.15, -0.1) is 12.4 Å². The molecular formula is C14H23ClN2O3. The Hall–Kier alpha value is -1.14. The number of nitrogens with one attached hydrogen (secondary N) is 2. The third kappa shape index (κ3) is 6.34. The number of carbonyl (C=O) groups excluding carboxylic acids is 1. The van der Waals surface area contributed by atoms with E-state index in [1.165, 1.54) is 0 Å². The Kier molecular flexibility index (Phi) is 10.0. The maximum absolute atomic E-state index is 12.1. The SMILES string of the molecule is CCC(NCC(OC)OC)C(=O)Nc1ccccc1.Cl. The Morgan fingerprint density at radius 3 is 2.30 bits per heavy atom. The second-order valence-corrected chi connectivity index (χ2v) is 4.13. The number of amides is 1. The number of anilines is 1. The molecule has 0 aliphatic heterocycles. The van der Waals surface area contributed by atoms with Crippen molar-refractivity contribution in [1.82, 2.24) is 5.32 Å². The quantitative estimate of drug-likeness (QED) is 0.722. The number of halogens is 1. The first-order chi connectivity index (χ1) is 9.21. The van der Waals surface area contributed by atoms with Gasteiger partial charge >= 0.3 is 0 Å². The number of benzene rings is 1. The molecule has 2 N–H and O–H groups in total. The molecular weight excluding hydrogens is 280 g/mol. The number of rotatable bonds is 8. The summed E-state index contributed by atoms with van der Waals surface area (Å²) in [6.45, 7) is 2.42. The van der Waals surface area contributed by atoms with Crippen molar-refractivity contribution < 1.29 is 14.3 Å². The van der Waals surface area contributed by atoms with Crippen LogP contribution >= 0.6 is 12.4 Å². The summed E-state index contributed by atoms with van der Waals surface area (Å²) in [6.07, 6.45) is 0.345. The van der Waals surface area contributed by atoms with Crippen molar-refractivity contribution in [3.05, 3.63) is 30.3 Å². The summed E-state index contributed by atoms with van der Waals surface area (Å²) < 4.78 is 10.2. The monoisotopic (exact) mass is 302 g/mol. The van der Waals surface area contributed by atoms with Crippen LogP contribution in [0.2, 0.25) is 0 Å². The van der Waals surface area contributed by atoms with Gasteiger partial charge in [0, 0.05) is 26.5 Å². The molecule has 1 atom stereocenters. The van der Waals surface area contributed by atoms with E-state index in [1.807, 2.05) is 37.3 Å². The Balaban J connectivity index is 0.00000361. The highest BCUT2D eigenvalue weighted by atomic mass is 35.5. The highest BCUT2D eigenvalue weighted by Crippen LogP contribution is 2.06. The summed E-state index contributed by atoms with van der Waals surface area (Å²) in [5.41, 5.74) is 0.794. The molecule has 1 rings (SSSR count). The van der Waals surface area contributed by atoms with Crippen molar-refractivity contribution in [1.29, 1.82) is 0 Å². The fourth-order valence-electron chi connectivity index (χ4n) is 1.67. The van der Waals surface area contributed by atoms with E-state index >= 15 is 0 Å². The molecule has 0 heterocycles. The summed E-state index contributed by atoms with van der Waals surface area (Å²) in [5, 5.41) is 6.00. The molecule has 114 valence electrons. The van der Waals surface area contributed by atoms with Gasteiger partial charge in [0.15, 0.2) is 6.29 Å². The fraction of sp³-hybridized carbons (Fsp3) is 0.500. The summed E-state index contributed by atoms with van der Waals surface area (Å²) in [5.74, 6) is -0.0559. The first-order valence-corrected chi connectivity index (χ1v) is 6.36. The van der Waals surface area contributed by atoms with Crippen LogP contribution in [0.15, 0.2) is 30.3 Å². The molecule has 0 fully saturated rings. The number of hydrogen-bond donors (Lipinski definition) is 2. The maximum atomic E-state index is 12.1. The first-order valence-electron chi connectivity index (χ1n) is 6.36. The number of carbonyl (C=O) groups is 1. The topological polar surface area (TPSA) is 59.6 Å². The molecule has 0 aromatic heterocycles. The molecule has 5 nitrogen and oxygen atoms in total. The summed E-state index contributed by atoms with van der Waals surface area (Å²) in [4.78, 5) is 12.1. The van der Waals surface area contributed by atoms with Gasteiger partial charge in [0.25, 0.3) is 0 Å². The van der Waals surface area contributed by atoms with E-state index in [1.54, 1.807) is 14.2 Å². The van der Waals surface area contributed by atoms with Crippen molar-refractivity contribution in [2.75, 3.05) is 26.1 Å². The Bertz CT molecular complexity index is 372. The van der Waals surface area contributed by atoms with E-state index in [2.05, 4.69) is 10.6 Å². The van der Waals surface area contributed by atoms with Crippen LogP contribution in [-0.4, -0.2) is 39.0 Å². The van der Waals surface area contributed by atoms with Crippen LogP contribution in [-0.2, 0) is 14.3 Å². The van der Waals surface area contributed by atoms with Crippen molar-refractivity contribution in [2.45, 2.75) is 25.7 Å². The van der Waals surface area contributed by atoms with Gasteiger partial charge in [0.05, 0.1) is 6.04 Å². The molecule has 1 amide bonds. The highest BCUT2D eigenvalue weighted by Gasteiger charge is 2.17. The minimum atomic E-state index is -0.349. The van der Waals surface area contributed by atoms with E-state index in [-0.39, 0.29) is 30.6 Å². The largest absolute Gasteiger partial charge is 0.355 e. The van der Waals surface area contributed by atoms with Gasteiger partial charge in [-0.1, -0.05) is 25.1 Å². The molecule has 6 heteroatoms. The molecule has 0 aliphatic rings. The summed E-state index contributed by atoms with van der Waals surface area (Å²) in [6, 6.07) is 9.13. The Morgan fingerprint density at radius 1 is 1.20 bits per heavy atom. The summed E-state index contributed by atoms with van der Waals surface area (Å²) in [7, 11) is 3.14. The minimum Gasteiger partial charge on any atom is -0.355 e. The van der Waals surface area contributed by atoms with Gasteiger partial charge in [-0.25, -0.2) is 0 Å². The van der Waals surface area contributed by atoms with E-state index < -0.39 is 0 Å². The Labute approximate surface area is 126 Å². The van der Waals surface area contributed by atoms with Crippen LogP contribution in [0, 0.1) is 0 Å². The lowest BCUT2D eigenvalue weighted by atomic mass is 10.2. The van der Waals surface area contributed by atoms with Crippen LogP contribution in [0.1, 0.15) is 13.3 Å². The zero-order chi connectivity index (χ0) is 14.1. The molecule has 0 spiro atoms. The molecule has 0 bridgehead atoms. The highest BCUT2D eigenvalue weighted by molar-refractivity contribution is 5.94. The molecule has 1 aromatic carbocycles. The van der Waals surface area contributed by atoms with Crippen LogP contribution in [0.25, 0.3) is 0 Å². The van der Waals surface area contributed by atoms with Crippen molar-refractivity contribution in [3.8, 4) is 0 Å². The second-order valence-electron chi connectivity index (χ2n) is 4.13. The summed E-state index contributed by atoms with van der Waals surface area (Å²) >= 11 is 0. The maximum Gasteiger partial charge on any atom is 0.241 e. The van der Waals surface area contributed by atoms with Gasteiger partial charge in [0.2, 0.25) is 5.91 Å². The van der Waals surface area contributed by atoms with E-state index in [0.717, 1.165) is 5.69 Å². The standard InChI is InChI=1S/C14H22N2O3.ClH/c1-4-12(15-10-13(18-2)19-3)14(17)16-11-8-6-5-7-9-11;/h5-9,12-13,15H,4,10H2,1-3H3,(H,16,17);1H. The zero-order valence-electron chi connectivity index (χ0n) is 12.1. The average molecular weight is 303 g/mol. The lowest BCUT2D eigenvalue weighted by molar-refractivity contribution is -0.120. The first kappa shape index (κ1) is 18.9. The Morgan fingerprint density at radius 2 is 1.80 bits per heavy atom. The van der Waals surface area contributed by atoms with Gasteiger partial charge < -0.3 is 20.1 Å². The normalized spacial score (nSPS) is 11.8. The molecule has 0 saturated heterocycles. The lowest BCUT2D eigenvalue weighted by Gasteiger charge is -2.20. The predicted molar refractivity (Wildman–Crippen MR) is 82.2 cm³/mol. The third-order valence-electron chi connectivity index (χ3n) is 2.82. The number of para-hydroxylation sites is 1. The van der Waals surface area contributed by atoms with Crippen LogP contribution in [0.4, 0.5) is 5.69 Å². The van der Waals surface area contributed by atoms with Crippen LogP contribution in [0.3, 0.4) is 0 Å². The van der Waals surface area contributed by atoms with Crippen LogP contribution in [0.5, 0.6) is 0 Å². The number of ether oxygens (including phenoxy) is 2. The van der Waals surface area contributed by atoms with Crippen molar-refractivity contribution in [3.63, 3.8) is 0 Å². The second kappa shape index (κ2) is 10.6. The zero-order valence-corrected chi connectivity index (χ0v) is 12.9. The van der Waals surface area contributed by atoms with E-state index in [4.69, 9.17) is 9.47 Å². The molecule has 0 aliphatic carbocycles. The number of hydrogen-bond acceptors (Lipinski definition) is 4. The van der Waals surface area contributed by atoms with Gasteiger partial charge in [-0.3, -0.25) is 4.79 Å². The molecule has 1 aromatic rings. The van der Waals surface area contributed by atoms with E-state index in [9.17, 15) is 4.79 Å². The lowest BCUT2D eigenvalue weighted by Crippen LogP contribution is -2.44. The predicted octanol–water partition coefficient (Wildman–Crippen LogP) is 2.03. The van der Waals surface area contributed by atoms with Gasteiger partial charge in [-0.2, -0.15) is 0 Å². The van der Waals surface area contributed by atoms with Crippen molar-refractivity contribution in [2.24, 2.45) is 0 Å². The van der Waals surface area contributed by atoms with Crippen molar-refractivity contribution >= 4 is 24.0 Å². The average Bonchev–Trinajstić information content (AvgIpc) is 2.45. The van der Waals surface area contributed by atoms with Gasteiger partial charge in [-0.05, 0) is 18.6 Å². The van der Waals surface area contributed by atoms with E-state index in [0.29, 0.717) is 13.0 Å². The van der Waals surface area contributed by atoms with Crippen LogP contribution < -0.4 is 10.6 Å². The van der Waals surface area contributed by atoms with Gasteiger partial charge in [0.1, 0.15) is 0 Å². The molecule has 0 saturated carbocycles. The minimum absolute atomic E-state index is 0. The molecule has 1 unspecified atom stereocenters. The molecule has 0 radical (unpaired) electrons. The fourth-order valence-corrected chi connectivity index (χ4v) is 1.67. The third-order valence-corrected chi connectivity index (χ3v) is 2.82. The molecule has 20 heavy (non-hydrogen) atoms. The number of methoxy groups -OCH3 is 2. The smallest absolute Gasteiger partial charge is 0.241 e.